The van der Waals surface area contributed by atoms with Gasteiger partial charge in [-0.2, -0.15) is 0 Å². The van der Waals surface area contributed by atoms with Crippen LogP contribution in [-0.4, -0.2) is 19.1 Å². The number of methoxy groups -OCH3 is 1. The van der Waals surface area contributed by atoms with Gasteiger partial charge in [0.15, 0.2) is 0 Å². The molecule has 2 heteroatoms. The number of rotatable bonds is 2. The number of hydrogen-bond donors (Lipinski definition) is 0. The maximum Gasteiger partial charge on any atom is 0.118 e. The molecule has 0 aromatic heterocycles. The average Bonchev–Trinajstić information content (AvgIpc) is 2.47. The minimum atomic E-state index is 0.459. The molecule has 3 rings (SSSR count). The van der Waals surface area contributed by atoms with Gasteiger partial charge in [-0.05, 0) is 42.3 Å². The van der Waals surface area contributed by atoms with Crippen LogP contribution < -0.4 is 4.74 Å². The predicted octanol–water partition coefficient (Wildman–Crippen LogP) is 3.42. The molecule has 0 fully saturated rings. The van der Waals surface area contributed by atoms with Crippen molar-refractivity contribution in [3.8, 4) is 5.75 Å². The van der Waals surface area contributed by atoms with Crippen LogP contribution in [0.25, 0.3) is 0 Å². The summed E-state index contributed by atoms with van der Waals surface area (Å²) >= 11 is 0. The molecule has 0 saturated heterocycles. The Hall–Kier alpha value is -1.80. The van der Waals surface area contributed by atoms with E-state index in [0.717, 1.165) is 18.7 Å². The highest BCUT2D eigenvalue weighted by atomic mass is 16.5. The van der Waals surface area contributed by atoms with Crippen LogP contribution in [0.1, 0.15) is 22.7 Å². The van der Waals surface area contributed by atoms with Crippen LogP contribution in [-0.2, 0) is 13.0 Å². The van der Waals surface area contributed by atoms with Gasteiger partial charge in [0.2, 0.25) is 0 Å². The summed E-state index contributed by atoms with van der Waals surface area (Å²) in [6.45, 7) is 1.02. The van der Waals surface area contributed by atoms with Gasteiger partial charge in [0, 0.05) is 12.6 Å². The Kier molecular flexibility index (Phi) is 3.26. The second kappa shape index (κ2) is 5.06. The summed E-state index contributed by atoms with van der Waals surface area (Å²) in [5, 5.41) is 0. The monoisotopic (exact) mass is 253 g/mol. The van der Waals surface area contributed by atoms with Gasteiger partial charge >= 0.3 is 0 Å². The summed E-state index contributed by atoms with van der Waals surface area (Å²) in [7, 11) is 3.91. The van der Waals surface area contributed by atoms with Crippen molar-refractivity contribution < 1.29 is 4.74 Å². The van der Waals surface area contributed by atoms with Crippen molar-refractivity contribution in [3.63, 3.8) is 0 Å². The maximum absolute atomic E-state index is 5.23. The zero-order chi connectivity index (χ0) is 13.2. The normalized spacial score (nSPS) is 18.9. The average molecular weight is 253 g/mol. The van der Waals surface area contributed by atoms with E-state index < -0.39 is 0 Å². The lowest BCUT2D eigenvalue weighted by molar-refractivity contribution is 0.218. The van der Waals surface area contributed by atoms with Crippen LogP contribution in [0.15, 0.2) is 48.5 Å². The van der Waals surface area contributed by atoms with E-state index in [2.05, 4.69) is 48.3 Å². The molecule has 1 aliphatic rings. The van der Waals surface area contributed by atoms with Crippen LogP contribution in [0.3, 0.4) is 0 Å². The summed E-state index contributed by atoms with van der Waals surface area (Å²) in [4.78, 5) is 2.42. The Morgan fingerprint density at radius 2 is 1.68 bits per heavy atom. The van der Waals surface area contributed by atoms with Crippen molar-refractivity contribution in [2.24, 2.45) is 0 Å². The first-order valence-electron chi connectivity index (χ1n) is 6.69. The summed E-state index contributed by atoms with van der Waals surface area (Å²) < 4.78 is 5.23. The summed E-state index contributed by atoms with van der Waals surface area (Å²) in [6.07, 6.45) is 1.08. The topological polar surface area (TPSA) is 12.5 Å². The Labute approximate surface area is 114 Å². The Morgan fingerprint density at radius 1 is 1.00 bits per heavy atom. The highest BCUT2D eigenvalue weighted by molar-refractivity contribution is 5.35. The van der Waals surface area contributed by atoms with E-state index in [1.54, 1.807) is 7.11 Å². The molecule has 0 bridgehead atoms. The van der Waals surface area contributed by atoms with Crippen molar-refractivity contribution in [1.82, 2.24) is 4.90 Å². The fourth-order valence-corrected chi connectivity index (χ4v) is 2.85. The fourth-order valence-electron chi connectivity index (χ4n) is 2.85. The molecule has 0 amide bonds. The molecule has 1 unspecified atom stereocenters. The summed E-state index contributed by atoms with van der Waals surface area (Å²) in [6, 6.07) is 17.6. The van der Waals surface area contributed by atoms with Crippen LogP contribution >= 0.6 is 0 Å². The number of likely N-dealkylation sites (N-methyl/N-ethyl adjacent to an activating group) is 1. The number of benzene rings is 2. The molecule has 1 atom stereocenters. The minimum absolute atomic E-state index is 0.459. The van der Waals surface area contributed by atoms with Crippen molar-refractivity contribution in [2.75, 3.05) is 14.2 Å². The highest BCUT2D eigenvalue weighted by Gasteiger charge is 2.24. The quantitative estimate of drug-likeness (QED) is 0.813. The van der Waals surface area contributed by atoms with Crippen molar-refractivity contribution in [3.05, 3.63) is 65.2 Å². The standard InChI is InChI=1S/C17H19NO/c1-18-12-15-6-4-3-5-14(15)11-17(18)13-7-9-16(19-2)10-8-13/h3-10,17H,11-12H2,1-2H3. The molecule has 98 valence electrons. The lowest BCUT2D eigenvalue weighted by Crippen LogP contribution is -2.30. The molecule has 0 aliphatic carbocycles. The van der Waals surface area contributed by atoms with Gasteiger partial charge in [0.25, 0.3) is 0 Å². The molecular weight excluding hydrogens is 234 g/mol. The first-order valence-corrected chi connectivity index (χ1v) is 6.69. The van der Waals surface area contributed by atoms with E-state index in [-0.39, 0.29) is 0 Å². The maximum atomic E-state index is 5.23. The van der Waals surface area contributed by atoms with Gasteiger partial charge in [-0.25, -0.2) is 0 Å². The van der Waals surface area contributed by atoms with E-state index in [0.29, 0.717) is 6.04 Å². The molecule has 2 nitrogen and oxygen atoms in total. The zero-order valence-corrected chi connectivity index (χ0v) is 11.5. The van der Waals surface area contributed by atoms with Gasteiger partial charge in [-0.3, -0.25) is 4.90 Å². The number of hydrogen-bond acceptors (Lipinski definition) is 2. The fraction of sp³-hybridized carbons (Fsp3) is 0.294. The van der Waals surface area contributed by atoms with E-state index >= 15 is 0 Å². The van der Waals surface area contributed by atoms with Crippen molar-refractivity contribution >= 4 is 0 Å². The molecule has 1 heterocycles. The molecule has 2 aromatic rings. The summed E-state index contributed by atoms with van der Waals surface area (Å²) in [5.74, 6) is 0.919. The van der Waals surface area contributed by atoms with Crippen LogP contribution in [0.2, 0.25) is 0 Å². The third-order valence-corrected chi connectivity index (χ3v) is 3.98. The van der Waals surface area contributed by atoms with Crippen molar-refractivity contribution in [1.29, 1.82) is 0 Å². The SMILES string of the molecule is COc1ccc(C2Cc3ccccc3CN2C)cc1. The molecule has 0 N–H and O–H groups in total. The van der Waals surface area contributed by atoms with Crippen LogP contribution in [0.5, 0.6) is 5.75 Å². The largest absolute Gasteiger partial charge is 0.497 e. The third-order valence-electron chi connectivity index (χ3n) is 3.98. The van der Waals surface area contributed by atoms with Gasteiger partial charge < -0.3 is 4.74 Å². The summed E-state index contributed by atoms with van der Waals surface area (Å²) in [5.41, 5.74) is 4.29. The van der Waals surface area contributed by atoms with Crippen LogP contribution in [0.4, 0.5) is 0 Å². The second-order valence-corrected chi connectivity index (χ2v) is 5.18. The lowest BCUT2D eigenvalue weighted by Gasteiger charge is -2.34. The smallest absolute Gasteiger partial charge is 0.118 e. The van der Waals surface area contributed by atoms with Crippen molar-refractivity contribution in [2.45, 2.75) is 19.0 Å². The zero-order valence-electron chi connectivity index (χ0n) is 11.5. The molecule has 0 spiro atoms. The number of fused-ring (bicyclic) bond motifs is 1. The Bertz CT molecular complexity index is 562. The molecule has 19 heavy (non-hydrogen) atoms. The van der Waals surface area contributed by atoms with Gasteiger partial charge in [0.1, 0.15) is 5.75 Å². The molecule has 2 aromatic carbocycles. The van der Waals surface area contributed by atoms with Gasteiger partial charge in [0.05, 0.1) is 7.11 Å². The predicted molar refractivity (Wildman–Crippen MR) is 77.3 cm³/mol. The number of nitrogens with zero attached hydrogens (tertiary/aromatic N) is 1. The first-order chi connectivity index (χ1) is 9.28. The third kappa shape index (κ3) is 2.36. The number of ether oxygens (including phenoxy) is 1. The Balaban J connectivity index is 1.89. The van der Waals surface area contributed by atoms with Gasteiger partial charge in [-0.1, -0.05) is 36.4 Å². The first kappa shape index (κ1) is 12.2. The lowest BCUT2D eigenvalue weighted by atomic mass is 9.90. The van der Waals surface area contributed by atoms with E-state index in [9.17, 15) is 0 Å². The Morgan fingerprint density at radius 3 is 2.37 bits per heavy atom. The molecule has 0 radical (unpaired) electrons. The van der Waals surface area contributed by atoms with E-state index in [1.807, 2.05) is 12.1 Å². The van der Waals surface area contributed by atoms with Gasteiger partial charge in [-0.15, -0.1) is 0 Å². The van der Waals surface area contributed by atoms with E-state index in [4.69, 9.17) is 4.74 Å². The minimum Gasteiger partial charge on any atom is -0.497 e. The molecule has 1 aliphatic heterocycles. The van der Waals surface area contributed by atoms with Crippen LogP contribution in [0, 0.1) is 0 Å². The molecule has 0 saturated carbocycles. The second-order valence-electron chi connectivity index (χ2n) is 5.18. The highest BCUT2D eigenvalue weighted by Crippen LogP contribution is 2.32. The molecular formula is C17H19NO. The van der Waals surface area contributed by atoms with E-state index in [1.165, 1.54) is 16.7 Å².